The molecule has 1 aromatic carbocycles. The van der Waals surface area contributed by atoms with Crippen molar-refractivity contribution in [3.8, 4) is 0 Å². The summed E-state index contributed by atoms with van der Waals surface area (Å²) in [5.41, 5.74) is -4.50. The molecule has 0 radical (unpaired) electrons. The van der Waals surface area contributed by atoms with Crippen molar-refractivity contribution in [2.45, 2.75) is 24.9 Å². The molecule has 0 unspecified atom stereocenters. The monoisotopic (exact) mass is 267 g/mol. The first-order valence-corrected chi connectivity index (χ1v) is 6.33. The van der Waals surface area contributed by atoms with Gasteiger partial charge >= 0.3 is 15.5 Å². The van der Waals surface area contributed by atoms with E-state index in [0.29, 0.717) is 0 Å². The third-order valence-corrected chi connectivity index (χ3v) is 3.37. The minimum Gasteiger partial charge on any atom is -0.204 e. The van der Waals surface area contributed by atoms with E-state index in [4.69, 9.17) is 0 Å². The number of nitrogens with one attached hydrogen (secondary N) is 1. The molecule has 1 rings (SSSR count). The molecular formula is C10H12F3NO2S. The molecular weight excluding hydrogens is 255 g/mol. The molecule has 0 heterocycles. The highest BCUT2D eigenvalue weighted by atomic mass is 32.2. The van der Waals surface area contributed by atoms with Crippen molar-refractivity contribution in [1.82, 2.24) is 4.72 Å². The third kappa shape index (κ3) is 4.01. The van der Waals surface area contributed by atoms with Crippen molar-refractivity contribution in [3.63, 3.8) is 0 Å². The topological polar surface area (TPSA) is 46.2 Å². The minimum absolute atomic E-state index is 0.205. The fourth-order valence-corrected chi connectivity index (χ4v) is 2.09. The largest absolute Gasteiger partial charge is 0.511 e. The molecule has 7 heteroatoms. The molecule has 0 fully saturated rings. The highest BCUT2D eigenvalue weighted by molar-refractivity contribution is 7.90. The second kappa shape index (κ2) is 5.05. The Bertz CT molecular complexity index is 456. The van der Waals surface area contributed by atoms with Gasteiger partial charge in [0.05, 0.1) is 0 Å². The summed E-state index contributed by atoms with van der Waals surface area (Å²) in [4.78, 5) is 0. The van der Waals surface area contributed by atoms with E-state index < -0.39 is 21.6 Å². The SMILES string of the molecule is C[C@H](Cc1ccccc1)NS(=O)(=O)C(F)(F)F. The van der Waals surface area contributed by atoms with Crippen LogP contribution in [0.1, 0.15) is 12.5 Å². The lowest BCUT2D eigenvalue weighted by Crippen LogP contribution is -2.42. The first kappa shape index (κ1) is 14.0. The van der Waals surface area contributed by atoms with Gasteiger partial charge in [0.2, 0.25) is 0 Å². The zero-order valence-electron chi connectivity index (χ0n) is 9.03. The summed E-state index contributed by atoms with van der Waals surface area (Å²) in [6, 6.07) is 7.87. The van der Waals surface area contributed by atoms with Crippen molar-refractivity contribution in [2.75, 3.05) is 0 Å². The van der Waals surface area contributed by atoms with Crippen LogP contribution >= 0.6 is 0 Å². The number of sulfonamides is 1. The highest BCUT2D eigenvalue weighted by Gasteiger charge is 2.46. The summed E-state index contributed by atoms with van der Waals surface area (Å²) >= 11 is 0. The van der Waals surface area contributed by atoms with Crippen molar-refractivity contribution in [1.29, 1.82) is 0 Å². The Labute approximate surface area is 97.7 Å². The van der Waals surface area contributed by atoms with E-state index in [1.165, 1.54) is 6.92 Å². The van der Waals surface area contributed by atoms with Crippen LogP contribution in [0.5, 0.6) is 0 Å². The van der Waals surface area contributed by atoms with Crippen LogP contribution in [0.2, 0.25) is 0 Å². The Morgan fingerprint density at radius 3 is 2.24 bits per heavy atom. The molecule has 1 atom stereocenters. The average molecular weight is 267 g/mol. The molecule has 0 amide bonds. The lowest BCUT2D eigenvalue weighted by molar-refractivity contribution is -0.0450. The summed E-state index contributed by atoms with van der Waals surface area (Å²) in [7, 11) is -5.27. The summed E-state index contributed by atoms with van der Waals surface area (Å²) < 4.78 is 59.5. The quantitative estimate of drug-likeness (QED) is 0.907. The zero-order valence-corrected chi connectivity index (χ0v) is 9.85. The Kier molecular flexibility index (Phi) is 4.16. The predicted molar refractivity (Wildman–Crippen MR) is 57.7 cm³/mol. The molecule has 3 nitrogen and oxygen atoms in total. The van der Waals surface area contributed by atoms with E-state index in [1.807, 2.05) is 0 Å². The van der Waals surface area contributed by atoms with Crippen LogP contribution in [0.3, 0.4) is 0 Å². The van der Waals surface area contributed by atoms with Gasteiger partial charge in [-0.3, -0.25) is 0 Å². The lowest BCUT2D eigenvalue weighted by atomic mass is 10.1. The van der Waals surface area contributed by atoms with Crippen LogP contribution in [0, 0.1) is 0 Å². The van der Waals surface area contributed by atoms with Gasteiger partial charge in [-0.05, 0) is 18.9 Å². The van der Waals surface area contributed by atoms with Crippen LogP contribution in [-0.4, -0.2) is 20.0 Å². The molecule has 17 heavy (non-hydrogen) atoms. The molecule has 0 saturated carbocycles. The van der Waals surface area contributed by atoms with E-state index in [0.717, 1.165) is 5.56 Å². The van der Waals surface area contributed by atoms with Gasteiger partial charge in [0.25, 0.3) is 0 Å². The molecule has 1 N–H and O–H groups in total. The minimum atomic E-state index is -5.27. The molecule has 0 aromatic heterocycles. The fourth-order valence-electron chi connectivity index (χ4n) is 1.34. The van der Waals surface area contributed by atoms with E-state index >= 15 is 0 Å². The Hall–Kier alpha value is -1.08. The molecule has 0 aliphatic rings. The average Bonchev–Trinajstić information content (AvgIpc) is 2.16. The zero-order chi connectivity index (χ0) is 13.1. The number of alkyl halides is 3. The predicted octanol–water partition coefficient (Wildman–Crippen LogP) is 2.06. The standard InChI is InChI=1S/C10H12F3NO2S/c1-8(7-9-5-3-2-4-6-9)14-17(15,16)10(11,12)13/h2-6,8,14H,7H2,1H3/t8-/m1/s1. The van der Waals surface area contributed by atoms with E-state index in [2.05, 4.69) is 0 Å². The summed E-state index contributed by atoms with van der Waals surface area (Å²) in [5.74, 6) is 0. The number of hydrogen-bond acceptors (Lipinski definition) is 2. The number of benzene rings is 1. The Balaban J connectivity index is 2.66. The molecule has 1 aromatic rings. The smallest absolute Gasteiger partial charge is 0.204 e. The van der Waals surface area contributed by atoms with Crippen LogP contribution < -0.4 is 4.72 Å². The molecule has 0 spiro atoms. The van der Waals surface area contributed by atoms with Crippen molar-refractivity contribution in [3.05, 3.63) is 35.9 Å². The maximum absolute atomic E-state index is 12.1. The number of rotatable bonds is 4. The molecule has 0 bridgehead atoms. The molecule has 0 aliphatic carbocycles. The molecule has 96 valence electrons. The second-order valence-electron chi connectivity index (χ2n) is 3.66. The van der Waals surface area contributed by atoms with Gasteiger partial charge in [0.1, 0.15) is 0 Å². The summed E-state index contributed by atoms with van der Waals surface area (Å²) in [6.07, 6.45) is 0.205. The van der Waals surface area contributed by atoms with Crippen molar-refractivity contribution >= 4 is 10.0 Å². The van der Waals surface area contributed by atoms with Crippen LogP contribution in [0.15, 0.2) is 30.3 Å². The number of hydrogen-bond donors (Lipinski definition) is 1. The van der Waals surface area contributed by atoms with E-state index in [-0.39, 0.29) is 6.42 Å². The van der Waals surface area contributed by atoms with Crippen LogP contribution in [0.25, 0.3) is 0 Å². The van der Waals surface area contributed by atoms with Crippen molar-refractivity contribution in [2.24, 2.45) is 0 Å². The maximum atomic E-state index is 12.1. The van der Waals surface area contributed by atoms with Crippen molar-refractivity contribution < 1.29 is 21.6 Å². The van der Waals surface area contributed by atoms with E-state index in [1.54, 1.807) is 35.1 Å². The molecule has 0 aliphatic heterocycles. The van der Waals surface area contributed by atoms with E-state index in [9.17, 15) is 21.6 Å². The Morgan fingerprint density at radius 2 is 1.76 bits per heavy atom. The van der Waals surface area contributed by atoms with Crippen LogP contribution in [-0.2, 0) is 16.4 Å². The van der Waals surface area contributed by atoms with Crippen LogP contribution in [0.4, 0.5) is 13.2 Å². The van der Waals surface area contributed by atoms with Gasteiger partial charge in [-0.2, -0.15) is 13.2 Å². The highest BCUT2D eigenvalue weighted by Crippen LogP contribution is 2.22. The first-order valence-electron chi connectivity index (χ1n) is 4.85. The number of halogens is 3. The van der Waals surface area contributed by atoms with Gasteiger partial charge < -0.3 is 0 Å². The first-order chi connectivity index (χ1) is 7.72. The van der Waals surface area contributed by atoms with Gasteiger partial charge in [0, 0.05) is 6.04 Å². The Morgan fingerprint density at radius 1 is 1.24 bits per heavy atom. The third-order valence-electron chi connectivity index (χ3n) is 2.05. The summed E-state index contributed by atoms with van der Waals surface area (Å²) in [5, 5.41) is 0. The normalized spacial score (nSPS) is 14.6. The van der Waals surface area contributed by atoms with Gasteiger partial charge in [0.15, 0.2) is 0 Å². The molecule has 0 saturated heterocycles. The van der Waals surface area contributed by atoms with Gasteiger partial charge in [-0.25, -0.2) is 13.1 Å². The lowest BCUT2D eigenvalue weighted by Gasteiger charge is -2.15. The van der Waals surface area contributed by atoms with Gasteiger partial charge in [-0.1, -0.05) is 30.3 Å². The second-order valence-corrected chi connectivity index (χ2v) is 5.36. The summed E-state index contributed by atoms with van der Waals surface area (Å²) in [6.45, 7) is 1.39. The van der Waals surface area contributed by atoms with Gasteiger partial charge in [-0.15, -0.1) is 0 Å². The maximum Gasteiger partial charge on any atom is 0.511 e. The fraction of sp³-hybridized carbons (Fsp3) is 0.400.